The van der Waals surface area contributed by atoms with E-state index in [1.807, 2.05) is 0 Å². The summed E-state index contributed by atoms with van der Waals surface area (Å²) in [5, 5.41) is 2.89. The minimum absolute atomic E-state index is 0.484. The molecule has 0 fully saturated rings. The monoisotopic (exact) mass is 269 g/mol. The highest BCUT2D eigenvalue weighted by molar-refractivity contribution is 14.1. The first-order valence-corrected chi connectivity index (χ1v) is 5.40. The largest absolute Gasteiger partial charge is 0.151 e. The zero-order chi connectivity index (χ0) is 8.69. The smallest absolute Gasteiger partial charge is 0.0814 e. The first kappa shape index (κ1) is 11.3. The van der Waals surface area contributed by atoms with Crippen molar-refractivity contribution in [2.24, 2.45) is 11.1 Å². The van der Waals surface area contributed by atoms with Crippen molar-refractivity contribution in [3.63, 3.8) is 0 Å². The van der Waals surface area contributed by atoms with Gasteiger partial charge in [-0.15, -0.1) is 0 Å². The molecule has 0 bridgehead atoms. The lowest BCUT2D eigenvalue weighted by Gasteiger charge is -2.16. The predicted molar refractivity (Wildman–Crippen MR) is 57.2 cm³/mol. The summed E-state index contributed by atoms with van der Waals surface area (Å²) < 4.78 is 0.661. The number of rotatable bonds is 6. The van der Waals surface area contributed by atoms with E-state index in [1.54, 1.807) is 0 Å². The molecule has 3 heteroatoms. The maximum atomic E-state index is 9.88. The Hall–Kier alpha value is 0.330. The number of halogens is 1. The van der Waals surface area contributed by atoms with Gasteiger partial charge in [0.05, 0.1) is 6.54 Å². The third-order valence-corrected chi connectivity index (χ3v) is 2.92. The highest BCUT2D eigenvalue weighted by Gasteiger charge is 2.12. The minimum Gasteiger partial charge on any atom is -0.151 e. The highest BCUT2D eigenvalue weighted by Crippen LogP contribution is 2.21. The fraction of sp³-hybridized carbons (Fsp3) is 1.00. The van der Waals surface area contributed by atoms with Crippen LogP contribution in [-0.2, 0) is 0 Å². The molecule has 0 N–H and O–H groups in total. The molecule has 2 atom stereocenters. The Morgan fingerprint density at radius 1 is 1.45 bits per heavy atom. The second-order valence-electron chi connectivity index (χ2n) is 2.87. The molecule has 2 unspecified atom stereocenters. The number of hydrogen-bond donors (Lipinski definition) is 0. The predicted octanol–water partition coefficient (Wildman–Crippen LogP) is 3.38. The normalized spacial score (nSPS) is 15.9. The second-order valence-corrected chi connectivity index (χ2v) is 4.83. The fourth-order valence-corrected chi connectivity index (χ4v) is 1.91. The Labute approximate surface area is 82.3 Å². The van der Waals surface area contributed by atoms with Crippen molar-refractivity contribution in [1.29, 1.82) is 0 Å². The van der Waals surface area contributed by atoms with Gasteiger partial charge in [0.15, 0.2) is 0 Å². The molecule has 0 heterocycles. The molecule has 0 aliphatic carbocycles. The molecule has 0 aromatic rings. The van der Waals surface area contributed by atoms with Crippen molar-refractivity contribution in [1.82, 2.24) is 0 Å². The van der Waals surface area contributed by atoms with Gasteiger partial charge in [0.1, 0.15) is 0 Å². The first-order valence-electron chi connectivity index (χ1n) is 4.15. The molecule has 11 heavy (non-hydrogen) atoms. The third kappa shape index (κ3) is 5.58. The molecule has 2 nitrogen and oxygen atoms in total. The van der Waals surface area contributed by atoms with Crippen LogP contribution in [0.15, 0.2) is 5.18 Å². The van der Waals surface area contributed by atoms with E-state index < -0.39 is 0 Å². The summed E-state index contributed by atoms with van der Waals surface area (Å²) in [5.74, 6) is 0.679. The van der Waals surface area contributed by atoms with Gasteiger partial charge < -0.3 is 0 Å². The Balaban J connectivity index is 3.59. The average Bonchev–Trinajstić information content (AvgIpc) is 1.97. The van der Waals surface area contributed by atoms with Gasteiger partial charge in [0.25, 0.3) is 0 Å². The van der Waals surface area contributed by atoms with E-state index in [-0.39, 0.29) is 0 Å². The van der Waals surface area contributed by atoms with Crippen molar-refractivity contribution in [3.8, 4) is 0 Å². The van der Waals surface area contributed by atoms with Crippen LogP contribution < -0.4 is 0 Å². The summed E-state index contributed by atoms with van der Waals surface area (Å²) in [6, 6.07) is 0. The molecule has 0 aromatic heterocycles. The molecule has 0 rings (SSSR count). The van der Waals surface area contributed by atoms with Crippen molar-refractivity contribution in [2.75, 3.05) is 6.54 Å². The van der Waals surface area contributed by atoms with Crippen molar-refractivity contribution in [3.05, 3.63) is 4.91 Å². The molecule has 0 aliphatic rings. The summed E-state index contributed by atoms with van der Waals surface area (Å²) >= 11 is 2.42. The molecular formula is C8H16INO. The van der Waals surface area contributed by atoms with Crippen LogP contribution in [0.1, 0.15) is 33.1 Å². The Morgan fingerprint density at radius 3 is 2.45 bits per heavy atom. The quantitative estimate of drug-likeness (QED) is 0.413. The van der Waals surface area contributed by atoms with Gasteiger partial charge in [-0.3, -0.25) is 0 Å². The van der Waals surface area contributed by atoms with Crippen molar-refractivity contribution >= 4 is 22.6 Å². The van der Waals surface area contributed by atoms with Crippen molar-refractivity contribution in [2.45, 2.75) is 37.0 Å². The van der Waals surface area contributed by atoms with Crippen LogP contribution >= 0.6 is 22.6 Å². The molecule has 0 aliphatic heterocycles. The molecule has 0 spiro atoms. The zero-order valence-electron chi connectivity index (χ0n) is 7.22. The molecule has 66 valence electrons. The molecule has 0 radical (unpaired) electrons. The third-order valence-electron chi connectivity index (χ3n) is 1.90. The summed E-state index contributed by atoms with van der Waals surface area (Å²) in [7, 11) is 0. The highest BCUT2D eigenvalue weighted by atomic mass is 127. The van der Waals surface area contributed by atoms with Crippen LogP contribution in [0.3, 0.4) is 0 Å². The lowest BCUT2D eigenvalue weighted by Crippen LogP contribution is -2.11. The summed E-state index contributed by atoms with van der Waals surface area (Å²) in [6.45, 7) is 4.87. The molecule has 0 saturated heterocycles. The SMILES string of the molecule is CCCC(CCN=O)C(C)I. The summed E-state index contributed by atoms with van der Waals surface area (Å²) in [6.07, 6.45) is 3.39. The lowest BCUT2D eigenvalue weighted by molar-refractivity contribution is 0.458. The summed E-state index contributed by atoms with van der Waals surface area (Å²) in [4.78, 5) is 9.88. The van der Waals surface area contributed by atoms with E-state index in [4.69, 9.17) is 0 Å². The lowest BCUT2D eigenvalue weighted by atomic mass is 9.97. The Morgan fingerprint density at radius 2 is 2.09 bits per heavy atom. The first-order chi connectivity index (χ1) is 5.22. The molecule has 0 amide bonds. The number of hydrogen-bond acceptors (Lipinski definition) is 2. The average molecular weight is 269 g/mol. The summed E-state index contributed by atoms with van der Waals surface area (Å²) in [5.41, 5.74) is 0. The van der Waals surface area contributed by atoms with Gasteiger partial charge in [0.2, 0.25) is 0 Å². The molecule has 0 aromatic carbocycles. The number of nitroso groups, excluding NO2 is 1. The van der Waals surface area contributed by atoms with Gasteiger partial charge in [-0.05, 0) is 18.8 Å². The van der Waals surface area contributed by atoms with E-state index >= 15 is 0 Å². The maximum Gasteiger partial charge on any atom is 0.0814 e. The van der Waals surface area contributed by atoms with Gasteiger partial charge >= 0.3 is 0 Å². The fourth-order valence-electron chi connectivity index (χ4n) is 1.19. The van der Waals surface area contributed by atoms with Crippen LogP contribution in [0.2, 0.25) is 0 Å². The molecule has 0 saturated carbocycles. The van der Waals surface area contributed by atoms with E-state index in [2.05, 4.69) is 41.6 Å². The van der Waals surface area contributed by atoms with Crippen molar-refractivity contribution < 1.29 is 0 Å². The number of alkyl halides is 1. The van der Waals surface area contributed by atoms with Gasteiger partial charge in [-0.1, -0.05) is 48.0 Å². The minimum atomic E-state index is 0.484. The van der Waals surface area contributed by atoms with Crippen LogP contribution in [0.25, 0.3) is 0 Å². The van der Waals surface area contributed by atoms with E-state index in [1.165, 1.54) is 12.8 Å². The maximum absolute atomic E-state index is 9.88. The number of nitrogens with zero attached hydrogens (tertiary/aromatic N) is 1. The van der Waals surface area contributed by atoms with Gasteiger partial charge in [0, 0.05) is 3.92 Å². The Bertz CT molecular complexity index is 106. The van der Waals surface area contributed by atoms with E-state index in [0.717, 1.165) is 6.42 Å². The zero-order valence-corrected chi connectivity index (χ0v) is 9.37. The van der Waals surface area contributed by atoms with Crippen LogP contribution in [0.4, 0.5) is 0 Å². The van der Waals surface area contributed by atoms with E-state index in [9.17, 15) is 4.91 Å². The van der Waals surface area contributed by atoms with Crippen LogP contribution in [0.5, 0.6) is 0 Å². The second kappa shape index (κ2) is 7.00. The topological polar surface area (TPSA) is 29.4 Å². The van der Waals surface area contributed by atoms with Crippen LogP contribution in [-0.4, -0.2) is 10.5 Å². The van der Waals surface area contributed by atoms with Gasteiger partial charge in [-0.2, -0.15) is 4.91 Å². The Kier molecular flexibility index (Phi) is 7.22. The van der Waals surface area contributed by atoms with Crippen LogP contribution in [0, 0.1) is 10.8 Å². The van der Waals surface area contributed by atoms with E-state index in [0.29, 0.717) is 16.4 Å². The standard InChI is InChI=1S/C8H16INO/c1-3-4-8(7(2)9)5-6-10-11/h7-8H,3-6H2,1-2H3. The van der Waals surface area contributed by atoms with Gasteiger partial charge in [-0.25, -0.2) is 0 Å². The molecular weight excluding hydrogens is 253 g/mol.